The van der Waals surface area contributed by atoms with E-state index in [0.717, 1.165) is 35.7 Å². The zero-order chi connectivity index (χ0) is 24.5. The molecule has 5 aliphatic rings. The number of allylic oxidation sites excluding steroid dienone is 3. The van der Waals surface area contributed by atoms with E-state index in [0.29, 0.717) is 29.1 Å². The largest absolute Gasteiger partial charge is 0.353 e. The smallest absolute Gasteiger partial charge is 0.171 e. The van der Waals surface area contributed by atoms with E-state index in [9.17, 15) is 0 Å². The number of hydrogen-bond acceptors (Lipinski definition) is 1. The minimum absolute atomic E-state index is 0.0652. The van der Waals surface area contributed by atoms with Crippen molar-refractivity contribution in [2.45, 2.75) is 104 Å². The second-order valence-corrected chi connectivity index (χ2v) is 14.5. The Balaban J connectivity index is 1.46. The van der Waals surface area contributed by atoms with Gasteiger partial charge in [0.2, 0.25) is 0 Å². The number of hydrogen-bond donors (Lipinski definition) is 2. The van der Waals surface area contributed by atoms with E-state index in [2.05, 4.69) is 70.4 Å². The Kier molecular flexibility index (Phi) is 6.49. The maximum Gasteiger partial charge on any atom is 0.171 e. The quantitative estimate of drug-likeness (QED) is 0.227. The number of halogens is 1. The molecule has 1 aliphatic heterocycles. The second-order valence-electron chi connectivity index (χ2n) is 13.4. The molecule has 10 atom stereocenters. The topological polar surface area (TPSA) is 24.1 Å². The van der Waals surface area contributed by atoms with Crippen LogP contribution in [-0.4, -0.2) is 16.0 Å². The fraction of sp³-hybridized carbons (Fsp3) is 0.833. The van der Waals surface area contributed by atoms with Crippen LogP contribution in [0.1, 0.15) is 92.9 Å². The Morgan fingerprint density at radius 3 is 2.56 bits per heavy atom. The van der Waals surface area contributed by atoms with Gasteiger partial charge in [-0.3, -0.25) is 0 Å². The summed E-state index contributed by atoms with van der Waals surface area (Å²) in [5.74, 6) is 4.95. The van der Waals surface area contributed by atoms with Gasteiger partial charge in [-0.15, -0.1) is 11.6 Å². The monoisotopic (exact) mass is 502 g/mol. The van der Waals surface area contributed by atoms with Crippen molar-refractivity contribution >= 4 is 28.9 Å². The van der Waals surface area contributed by atoms with E-state index < -0.39 is 0 Å². The number of rotatable bonds is 5. The lowest BCUT2D eigenvalue weighted by molar-refractivity contribution is -0.0848. The van der Waals surface area contributed by atoms with E-state index in [1.807, 2.05) is 0 Å². The highest BCUT2D eigenvalue weighted by molar-refractivity contribution is 7.80. The summed E-state index contributed by atoms with van der Waals surface area (Å²) in [5, 5.41) is 8.49. The molecular formula is C30H47ClN2S. The first-order valence-electron chi connectivity index (χ1n) is 14.2. The number of nitrogens with one attached hydrogen (secondary N) is 2. The third-order valence-electron chi connectivity index (χ3n) is 11.7. The lowest BCUT2D eigenvalue weighted by Crippen LogP contribution is -2.72. The van der Waals surface area contributed by atoms with Crippen LogP contribution in [0.2, 0.25) is 0 Å². The summed E-state index contributed by atoms with van der Waals surface area (Å²) in [6.45, 7) is 14.8. The molecule has 190 valence electrons. The van der Waals surface area contributed by atoms with Gasteiger partial charge in [-0.2, -0.15) is 0 Å². The van der Waals surface area contributed by atoms with Crippen LogP contribution in [0.15, 0.2) is 23.9 Å². The molecule has 2 N–H and O–H groups in total. The standard InChI is InChI=1S/C30H47ClN2S/c1-7-20(18(2)3)9-8-19(4)22-10-11-23-26-24(13-14-28(22,23)5)29(6)15-12-21(31)16-30(29)17-25(26)32-27(34)33-30/h8-9,17-24,26H,7,10-16H2,1-6H3,(H2,32,33,34)/b9-8+/t19-,20-,21+,22-,23+,24+,26+,28-,29-,30+/m1/s1. The minimum Gasteiger partial charge on any atom is -0.353 e. The van der Waals surface area contributed by atoms with Gasteiger partial charge in [0.15, 0.2) is 5.11 Å². The Hall–Kier alpha value is -0.540. The van der Waals surface area contributed by atoms with Gasteiger partial charge in [0.05, 0.1) is 5.54 Å². The Morgan fingerprint density at radius 2 is 1.85 bits per heavy atom. The molecule has 3 fully saturated rings. The normalized spacial score (nSPS) is 47.2. The number of fused-ring (bicyclic) bond motifs is 5. The van der Waals surface area contributed by atoms with Crippen molar-refractivity contribution in [3.8, 4) is 0 Å². The average molecular weight is 503 g/mol. The Morgan fingerprint density at radius 1 is 1.09 bits per heavy atom. The van der Waals surface area contributed by atoms with Crippen LogP contribution in [0, 0.1) is 52.3 Å². The highest BCUT2D eigenvalue weighted by Gasteiger charge is 2.66. The van der Waals surface area contributed by atoms with Crippen molar-refractivity contribution < 1.29 is 0 Å². The summed E-state index contributed by atoms with van der Waals surface area (Å²) in [6.07, 6.45) is 17.7. The molecule has 5 rings (SSSR count). The van der Waals surface area contributed by atoms with Crippen LogP contribution in [0.4, 0.5) is 0 Å². The van der Waals surface area contributed by atoms with Crippen LogP contribution in [0.25, 0.3) is 0 Å². The zero-order valence-corrected chi connectivity index (χ0v) is 23.9. The molecule has 1 heterocycles. The summed E-state index contributed by atoms with van der Waals surface area (Å²) in [5.41, 5.74) is 2.02. The molecule has 1 spiro atoms. The predicted molar refractivity (Wildman–Crippen MR) is 149 cm³/mol. The molecule has 0 aromatic rings. The lowest BCUT2D eigenvalue weighted by atomic mass is 9.43. The van der Waals surface area contributed by atoms with Gasteiger partial charge < -0.3 is 10.6 Å². The molecule has 0 amide bonds. The van der Waals surface area contributed by atoms with E-state index in [1.165, 1.54) is 44.2 Å². The van der Waals surface area contributed by atoms with Crippen LogP contribution in [0.3, 0.4) is 0 Å². The molecule has 2 bridgehead atoms. The first-order valence-corrected chi connectivity index (χ1v) is 15.0. The first-order chi connectivity index (χ1) is 16.0. The third kappa shape index (κ3) is 3.65. The average Bonchev–Trinajstić information content (AvgIpc) is 3.12. The maximum atomic E-state index is 6.77. The van der Waals surface area contributed by atoms with Crippen molar-refractivity contribution in [2.24, 2.45) is 52.3 Å². The summed E-state index contributed by atoms with van der Waals surface area (Å²) < 4.78 is 0. The Labute approximate surface area is 219 Å². The number of thiocarbonyl (C=S) groups is 1. The van der Waals surface area contributed by atoms with Gasteiger partial charge in [0.1, 0.15) is 0 Å². The second kappa shape index (κ2) is 8.79. The van der Waals surface area contributed by atoms with Crippen molar-refractivity contribution in [1.29, 1.82) is 0 Å². The molecule has 34 heavy (non-hydrogen) atoms. The van der Waals surface area contributed by atoms with E-state index >= 15 is 0 Å². The molecule has 0 radical (unpaired) electrons. The highest BCUT2D eigenvalue weighted by atomic mass is 35.5. The lowest BCUT2D eigenvalue weighted by Gasteiger charge is -2.66. The van der Waals surface area contributed by atoms with Crippen LogP contribution < -0.4 is 10.6 Å². The van der Waals surface area contributed by atoms with E-state index in [4.69, 9.17) is 23.8 Å². The summed E-state index contributed by atoms with van der Waals surface area (Å²) in [4.78, 5) is 0. The Bertz CT molecular complexity index is 881. The van der Waals surface area contributed by atoms with Crippen LogP contribution in [0.5, 0.6) is 0 Å². The fourth-order valence-corrected chi connectivity index (χ4v) is 10.3. The van der Waals surface area contributed by atoms with Gasteiger partial charge >= 0.3 is 0 Å². The maximum absolute atomic E-state index is 6.77. The molecule has 2 nitrogen and oxygen atoms in total. The van der Waals surface area contributed by atoms with Gasteiger partial charge in [0, 0.05) is 17.0 Å². The van der Waals surface area contributed by atoms with Crippen LogP contribution >= 0.6 is 23.8 Å². The third-order valence-corrected chi connectivity index (χ3v) is 12.3. The predicted octanol–water partition coefficient (Wildman–Crippen LogP) is 7.83. The zero-order valence-electron chi connectivity index (χ0n) is 22.3. The first kappa shape index (κ1) is 25.1. The molecule has 0 aromatic carbocycles. The molecule has 0 saturated heterocycles. The van der Waals surface area contributed by atoms with Crippen molar-refractivity contribution in [3.05, 3.63) is 23.9 Å². The van der Waals surface area contributed by atoms with Gasteiger partial charge in [-0.25, -0.2) is 0 Å². The van der Waals surface area contributed by atoms with E-state index in [1.54, 1.807) is 0 Å². The van der Waals surface area contributed by atoms with Crippen LogP contribution in [-0.2, 0) is 0 Å². The van der Waals surface area contributed by atoms with Gasteiger partial charge in [-0.1, -0.05) is 53.7 Å². The van der Waals surface area contributed by atoms with Crippen molar-refractivity contribution in [1.82, 2.24) is 10.6 Å². The highest BCUT2D eigenvalue weighted by Crippen LogP contribution is 2.69. The van der Waals surface area contributed by atoms with Gasteiger partial charge in [0.25, 0.3) is 0 Å². The fourth-order valence-electron chi connectivity index (χ4n) is 9.65. The van der Waals surface area contributed by atoms with E-state index in [-0.39, 0.29) is 16.3 Å². The number of alkyl halides is 1. The SMILES string of the molecule is CC[C@H](/C=C/[C@@H](C)[C@H]1CC[C@H]2[C@@H]3C4=C[C@]5(C[C@@H](Cl)CC[C@]5(C)[C@H]3CC[C@]12C)NC(=S)N4)C(C)C. The summed E-state index contributed by atoms with van der Waals surface area (Å²) in [7, 11) is 0. The van der Waals surface area contributed by atoms with Crippen molar-refractivity contribution in [2.75, 3.05) is 0 Å². The minimum atomic E-state index is -0.0652. The van der Waals surface area contributed by atoms with Crippen molar-refractivity contribution in [3.63, 3.8) is 0 Å². The molecular weight excluding hydrogens is 456 g/mol. The molecule has 0 aromatic heterocycles. The molecule has 4 heteroatoms. The van der Waals surface area contributed by atoms with Gasteiger partial charge in [-0.05, 0) is 116 Å². The molecule has 0 unspecified atom stereocenters. The summed E-state index contributed by atoms with van der Waals surface area (Å²) in [6, 6.07) is 0. The molecule has 4 aliphatic carbocycles. The molecule has 3 saturated carbocycles. The summed E-state index contributed by atoms with van der Waals surface area (Å²) >= 11 is 12.6.